The van der Waals surface area contributed by atoms with Crippen LogP contribution in [0.1, 0.15) is 17.3 Å². The minimum atomic E-state index is -0.867. The molecule has 2 aromatic carbocycles. The summed E-state index contributed by atoms with van der Waals surface area (Å²) in [6.07, 6.45) is -0.867. The van der Waals surface area contributed by atoms with Gasteiger partial charge < -0.3 is 4.74 Å². The summed E-state index contributed by atoms with van der Waals surface area (Å²) >= 11 is 15.1. The maximum Gasteiger partial charge on any atom is 0.279 e. The van der Waals surface area contributed by atoms with E-state index in [2.05, 4.69) is 26.8 Å². The van der Waals surface area contributed by atoms with E-state index in [1.54, 1.807) is 36.4 Å². The van der Waals surface area contributed by atoms with Gasteiger partial charge in [0, 0.05) is 15.1 Å². The molecule has 0 aromatic heterocycles. The highest BCUT2D eigenvalue weighted by Gasteiger charge is 2.17. The monoisotopic (exact) mass is 430 g/mol. The van der Waals surface area contributed by atoms with Crippen LogP contribution in [0.4, 0.5) is 0 Å². The van der Waals surface area contributed by atoms with Crippen molar-refractivity contribution in [1.29, 1.82) is 0 Å². The van der Waals surface area contributed by atoms with E-state index in [1.165, 1.54) is 13.0 Å². The number of hydrazine groups is 1. The van der Waals surface area contributed by atoms with Crippen molar-refractivity contribution in [3.8, 4) is 5.75 Å². The van der Waals surface area contributed by atoms with E-state index < -0.39 is 17.9 Å². The third kappa shape index (κ3) is 5.12. The molecule has 0 radical (unpaired) electrons. The number of hydrogen-bond acceptors (Lipinski definition) is 3. The van der Waals surface area contributed by atoms with Gasteiger partial charge in [-0.25, -0.2) is 0 Å². The Hall–Kier alpha value is -1.76. The number of ether oxygens (including phenoxy) is 1. The van der Waals surface area contributed by atoms with Gasteiger partial charge in [0.2, 0.25) is 0 Å². The molecule has 2 N–H and O–H groups in total. The van der Waals surface area contributed by atoms with Gasteiger partial charge in [-0.3, -0.25) is 20.4 Å². The standard InChI is InChI=1S/C16H13BrCl2N2O3/c1-9(24-14-7-6-12(18)8-13(14)19)15(22)20-21-16(23)10-2-4-11(17)5-3-10/h2-9H,1H3,(H,20,22)(H,21,23)/t9-/m0/s1. The zero-order chi connectivity index (χ0) is 17.7. The number of rotatable bonds is 4. The van der Waals surface area contributed by atoms with Gasteiger partial charge in [0.15, 0.2) is 6.10 Å². The molecular formula is C16H13BrCl2N2O3. The fourth-order valence-electron chi connectivity index (χ4n) is 1.71. The van der Waals surface area contributed by atoms with Crippen LogP contribution in [0.5, 0.6) is 5.75 Å². The predicted octanol–water partition coefficient (Wildman–Crippen LogP) is 3.98. The van der Waals surface area contributed by atoms with E-state index in [-0.39, 0.29) is 0 Å². The maximum absolute atomic E-state index is 12.0. The Labute approximate surface area is 157 Å². The topological polar surface area (TPSA) is 67.4 Å². The summed E-state index contributed by atoms with van der Waals surface area (Å²) in [6.45, 7) is 1.53. The van der Waals surface area contributed by atoms with Gasteiger partial charge in [-0.05, 0) is 49.4 Å². The molecule has 0 fully saturated rings. The SMILES string of the molecule is C[C@H](Oc1ccc(Cl)cc1Cl)C(=O)NNC(=O)c1ccc(Br)cc1. The lowest BCUT2D eigenvalue weighted by Crippen LogP contribution is -2.47. The number of carbonyl (C=O) groups is 2. The summed E-state index contributed by atoms with van der Waals surface area (Å²) in [4.78, 5) is 23.9. The lowest BCUT2D eigenvalue weighted by atomic mass is 10.2. The molecule has 0 aliphatic rings. The second-order valence-corrected chi connectivity index (χ2v) is 6.54. The molecule has 126 valence electrons. The number of carbonyl (C=O) groups excluding carboxylic acids is 2. The van der Waals surface area contributed by atoms with Crippen molar-refractivity contribution >= 4 is 50.9 Å². The average molecular weight is 432 g/mol. The number of amides is 2. The first kappa shape index (κ1) is 18.6. The minimum Gasteiger partial charge on any atom is -0.479 e. The summed E-state index contributed by atoms with van der Waals surface area (Å²) in [6, 6.07) is 11.4. The highest BCUT2D eigenvalue weighted by atomic mass is 79.9. The van der Waals surface area contributed by atoms with Gasteiger partial charge in [0.05, 0.1) is 5.02 Å². The molecule has 1 atom stereocenters. The maximum atomic E-state index is 12.0. The fourth-order valence-corrected chi connectivity index (χ4v) is 2.43. The van der Waals surface area contributed by atoms with Crippen LogP contribution < -0.4 is 15.6 Å². The van der Waals surface area contributed by atoms with Crippen molar-refractivity contribution in [3.63, 3.8) is 0 Å². The molecule has 5 nitrogen and oxygen atoms in total. The van der Waals surface area contributed by atoms with E-state index in [1.807, 2.05) is 0 Å². The molecule has 8 heteroatoms. The van der Waals surface area contributed by atoms with Gasteiger partial charge in [-0.1, -0.05) is 39.1 Å². The van der Waals surface area contributed by atoms with Crippen LogP contribution >= 0.6 is 39.1 Å². The summed E-state index contributed by atoms with van der Waals surface area (Å²) in [5, 5.41) is 0.757. The van der Waals surface area contributed by atoms with Crippen LogP contribution in [-0.2, 0) is 4.79 Å². The van der Waals surface area contributed by atoms with Crippen molar-refractivity contribution in [2.24, 2.45) is 0 Å². The number of hydrogen-bond donors (Lipinski definition) is 2. The first-order valence-electron chi connectivity index (χ1n) is 6.84. The van der Waals surface area contributed by atoms with Crippen molar-refractivity contribution in [2.45, 2.75) is 13.0 Å². The van der Waals surface area contributed by atoms with Crippen molar-refractivity contribution in [1.82, 2.24) is 10.9 Å². The lowest BCUT2D eigenvalue weighted by molar-refractivity contribution is -0.128. The van der Waals surface area contributed by atoms with Gasteiger partial charge in [0.25, 0.3) is 11.8 Å². The van der Waals surface area contributed by atoms with Crippen LogP contribution in [-0.4, -0.2) is 17.9 Å². The zero-order valence-corrected chi connectivity index (χ0v) is 15.6. The number of nitrogens with one attached hydrogen (secondary N) is 2. The van der Waals surface area contributed by atoms with Crippen LogP contribution in [0.25, 0.3) is 0 Å². The Balaban J connectivity index is 1.89. The average Bonchev–Trinajstić information content (AvgIpc) is 2.55. The van der Waals surface area contributed by atoms with E-state index in [4.69, 9.17) is 27.9 Å². The molecular weight excluding hydrogens is 419 g/mol. The van der Waals surface area contributed by atoms with E-state index in [0.29, 0.717) is 21.4 Å². The Morgan fingerprint density at radius 1 is 1.08 bits per heavy atom. The Morgan fingerprint density at radius 3 is 2.38 bits per heavy atom. The second-order valence-electron chi connectivity index (χ2n) is 4.79. The lowest BCUT2D eigenvalue weighted by Gasteiger charge is -2.16. The highest BCUT2D eigenvalue weighted by Crippen LogP contribution is 2.28. The van der Waals surface area contributed by atoms with Crippen LogP contribution in [0, 0.1) is 0 Å². The summed E-state index contributed by atoms with van der Waals surface area (Å²) in [5.41, 5.74) is 5.03. The summed E-state index contributed by atoms with van der Waals surface area (Å²) in [7, 11) is 0. The number of halogens is 3. The fraction of sp³-hybridized carbons (Fsp3) is 0.125. The number of benzene rings is 2. The van der Waals surface area contributed by atoms with Crippen LogP contribution in [0.15, 0.2) is 46.9 Å². The molecule has 2 amide bonds. The molecule has 24 heavy (non-hydrogen) atoms. The van der Waals surface area contributed by atoms with Gasteiger partial charge in [-0.2, -0.15) is 0 Å². The first-order valence-corrected chi connectivity index (χ1v) is 8.39. The molecule has 0 spiro atoms. The Morgan fingerprint density at radius 2 is 1.75 bits per heavy atom. The summed E-state index contributed by atoms with van der Waals surface area (Å²) in [5.74, 6) is -0.637. The summed E-state index contributed by atoms with van der Waals surface area (Å²) < 4.78 is 6.31. The second kappa shape index (κ2) is 8.37. The predicted molar refractivity (Wildman–Crippen MR) is 96.3 cm³/mol. The smallest absolute Gasteiger partial charge is 0.279 e. The van der Waals surface area contributed by atoms with Crippen LogP contribution in [0.3, 0.4) is 0 Å². The van der Waals surface area contributed by atoms with Crippen molar-refractivity contribution in [3.05, 3.63) is 62.5 Å². The van der Waals surface area contributed by atoms with Crippen LogP contribution in [0.2, 0.25) is 10.0 Å². The van der Waals surface area contributed by atoms with E-state index in [9.17, 15) is 9.59 Å². The van der Waals surface area contributed by atoms with E-state index >= 15 is 0 Å². The van der Waals surface area contributed by atoms with Gasteiger partial charge in [0.1, 0.15) is 5.75 Å². The molecule has 0 saturated carbocycles. The van der Waals surface area contributed by atoms with Gasteiger partial charge >= 0.3 is 0 Å². The molecule has 2 rings (SSSR count). The Kier molecular flexibility index (Phi) is 6.48. The molecule has 2 aromatic rings. The molecule has 0 bridgehead atoms. The zero-order valence-electron chi connectivity index (χ0n) is 12.5. The van der Waals surface area contributed by atoms with Crippen molar-refractivity contribution < 1.29 is 14.3 Å². The van der Waals surface area contributed by atoms with Crippen molar-refractivity contribution in [2.75, 3.05) is 0 Å². The van der Waals surface area contributed by atoms with E-state index in [0.717, 1.165) is 4.47 Å². The third-order valence-corrected chi connectivity index (χ3v) is 4.03. The minimum absolute atomic E-state index is 0.293. The normalized spacial score (nSPS) is 11.5. The Bertz CT molecular complexity index is 753. The molecule has 0 aliphatic heterocycles. The van der Waals surface area contributed by atoms with Gasteiger partial charge in [-0.15, -0.1) is 0 Å². The molecule has 0 unspecified atom stereocenters. The molecule has 0 heterocycles. The molecule has 0 aliphatic carbocycles. The highest BCUT2D eigenvalue weighted by molar-refractivity contribution is 9.10. The molecule has 0 saturated heterocycles. The largest absolute Gasteiger partial charge is 0.479 e. The first-order chi connectivity index (χ1) is 11.4. The third-order valence-electron chi connectivity index (χ3n) is 2.97. The quantitative estimate of drug-likeness (QED) is 0.719.